The van der Waals surface area contributed by atoms with Crippen LogP contribution in [-0.2, 0) is 0 Å². The maximum Gasteiger partial charge on any atom is 0.287 e. The van der Waals surface area contributed by atoms with Crippen molar-refractivity contribution in [1.82, 2.24) is 20.1 Å². The first-order chi connectivity index (χ1) is 18.9. The largest absolute Gasteiger partial charge is 0.369 e. The van der Waals surface area contributed by atoms with Gasteiger partial charge in [-0.3, -0.25) is 9.69 Å². The van der Waals surface area contributed by atoms with Gasteiger partial charge in [-0.15, -0.1) is 11.3 Å². The molecule has 2 unspecified atom stereocenters. The topological polar surface area (TPSA) is 106 Å². The zero-order chi connectivity index (χ0) is 26.9. The number of aliphatic hydroxyl groups is 1. The lowest BCUT2D eigenvalue weighted by molar-refractivity contribution is 0.211. The first-order valence-electron chi connectivity index (χ1n) is 12.7. The lowest BCUT2D eigenvalue weighted by atomic mass is 10.1. The number of anilines is 3. The van der Waals surface area contributed by atoms with Crippen LogP contribution in [0, 0.1) is 5.82 Å². The highest BCUT2D eigenvalue weighted by Gasteiger charge is 2.22. The predicted molar refractivity (Wildman–Crippen MR) is 153 cm³/mol. The molecule has 3 aromatic heterocycles. The summed E-state index contributed by atoms with van der Waals surface area (Å²) in [6.45, 7) is 1.07. The summed E-state index contributed by atoms with van der Waals surface area (Å²) < 4.78 is 15.7. The Morgan fingerprint density at radius 2 is 2.00 bits per heavy atom. The molecule has 2 atom stereocenters. The van der Waals surface area contributed by atoms with Crippen molar-refractivity contribution in [3.05, 3.63) is 99.5 Å². The van der Waals surface area contributed by atoms with Gasteiger partial charge in [0.05, 0.1) is 16.3 Å². The molecular formula is C29H27FN6O2S. The van der Waals surface area contributed by atoms with Crippen molar-refractivity contribution >= 4 is 38.6 Å². The molecule has 2 aromatic carbocycles. The fourth-order valence-electron chi connectivity index (χ4n) is 4.94. The number of rotatable bonds is 7. The second kappa shape index (κ2) is 10.6. The maximum absolute atomic E-state index is 14.7. The minimum absolute atomic E-state index is 0.120. The van der Waals surface area contributed by atoms with E-state index in [1.165, 1.54) is 23.8 Å². The van der Waals surface area contributed by atoms with Crippen LogP contribution in [0.25, 0.3) is 21.3 Å². The van der Waals surface area contributed by atoms with Gasteiger partial charge in [-0.1, -0.05) is 24.3 Å². The fourth-order valence-corrected chi connectivity index (χ4v) is 5.94. The summed E-state index contributed by atoms with van der Waals surface area (Å²) in [5.41, 5.74) is 2.13. The van der Waals surface area contributed by atoms with Gasteiger partial charge in [0, 0.05) is 22.5 Å². The van der Waals surface area contributed by atoms with Crippen LogP contribution in [0.2, 0.25) is 0 Å². The number of fused-ring (bicyclic) bond motifs is 1. The fraction of sp³-hybridized carbons (Fsp3) is 0.207. The minimum Gasteiger partial charge on any atom is -0.369 e. The van der Waals surface area contributed by atoms with Gasteiger partial charge in [-0.25, -0.2) is 14.5 Å². The molecule has 39 heavy (non-hydrogen) atoms. The Kier molecular flexibility index (Phi) is 6.82. The molecule has 0 aliphatic carbocycles. The molecule has 6 rings (SSSR count). The third-order valence-electron chi connectivity index (χ3n) is 7.03. The van der Waals surface area contributed by atoms with Gasteiger partial charge in [0.2, 0.25) is 0 Å². The van der Waals surface area contributed by atoms with Crippen molar-refractivity contribution in [1.29, 1.82) is 0 Å². The van der Waals surface area contributed by atoms with Crippen LogP contribution in [0.3, 0.4) is 0 Å². The van der Waals surface area contributed by atoms with E-state index in [0.29, 0.717) is 28.0 Å². The van der Waals surface area contributed by atoms with E-state index in [1.54, 1.807) is 18.2 Å². The van der Waals surface area contributed by atoms with Gasteiger partial charge in [0.25, 0.3) is 5.56 Å². The summed E-state index contributed by atoms with van der Waals surface area (Å²) >= 11 is 1.44. The molecule has 4 N–H and O–H groups in total. The number of hydrogen-bond donors (Lipinski definition) is 4. The van der Waals surface area contributed by atoms with Crippen LogP contribution >= 0.6 is 11.3 Å². The Labute approximate surface area is 228 Å². The van der Waals surface area contributed by atoms with Crippen molar-refractivity contribution in [3.8, 4) is 11.3 Å². The summed E-state index contributed by atoms with van der Waals surface area (Å²) in [5.74, 6) is 0.0221. The zero-order valence-electron chi connectivity index (χ0n) is 21.2. The first kappa shape index (κ1) is 25.2. The van der Waals surface area contributed by atoms with E-state index in [4.69, 9.17) is 0 Å². The SMILES string of the molecule is CN1CCCC1c1ccc(Nc2cc(-c3ccc(F)c(NC(O)c4cc5ccccc5s4)c3)n[nH]c2=O)nc1. The van der Waals surface area contributed by atoms with Crippen LogP contribution in [0.15, 0.2) is 77.7 Å². The first-order valence-corrected chi connectivity index (χ1v) is 13.5. The third-order valence-corrected chi connectivity index (χ3v) is 8.19. The molecule has 1 aliphatic rings. The molecule has 8 nitrogen and oxygen atoms in total. The van der Waals surface area contributed by atoms with E-state index in [0.717, 1.165) is 28.6 Å². The molecule has 198 valence electrons. The number of likely N-dealkylation sites (tertiary alicyclic amines) is 1. The lowest BCUT2D eigenvalue weighted by Crippen LogP contribution is -2.17. The van der Waals surface area contributed by atoms with Crippen LogP contribution < -0.4 is 16.2 Å². The van der Waals surface area contributed by atoms with E-state index in [-0.39, 0.29) is 11.4 Å². The number of aromatic amines is 1. The third kappa shape index (κ3) is 5.26. The number of nitrogens with one attached hydrogen (secondary N) is 3. The molecule has 4 heterocycles. The van der Waals surface area contributed by atoms with E-state index in [9.17, 15) is 14.3 Å². The maximum atomic E-state index is 14.7. The zero-order valence-corrected chi connectivity index (χ0v) is 22.0. The Balaban J connectivity index is 1.22. The number of pyridine rings is 1. The van der Waals surface area contributed by atoms with Gasteiger partial charge < -0.3 is 15.7 Å². The number of hydrogen-bond acceptors (Lipinski definition) is 8. The van der Waals surface area contributed by atoms with Crippen LogP contribution in [0.1, 0.15) is 35.6 Å². The molecule has 0 spiro atoms. The van der Waals surface area contributed by atoms with E-state index >= 15 is 0 Å². The molecule has 1 saturated heterocycles. The second-order valence-corrected chi connectivity index (χ2v) is 10.8. The summed E-state index contributed by atoms with van der Waals surface area (Å²) in [6.07, 6.45) is 3.02. The number of nitrogens with zero attached hydrogens (tertiary/aromatic N) is 3. The van der Waals surface area contributed by atoms with Crippen molar-refractivity contribution in [2.24, 2.45) is 0 Å². The summed E-state index contributed by atoms with van der Waals surface area (Å²) in [6, 6.07) is 20.0. The molecule has 1 aliphatic heterocycles. The lowest BCUT2D eigenvalue weighted by Gasteiger charge is -2.19. The second-order valence-electron chi connectivity index (χ2n) is 9.66. The van der Waals surface area contributed by atoms with Crippen LogP contribution in [-0.4, -0.2) is 38.8 Å². The van der Waals surface area contributed by atoms with Crippen molar-refractivity contribution in [2.45, 2.75) is 25.1 Å². The van der Waals surface area contributed by atoms with Crippen molar-refractivity contribution in [2.75, 3.05) is 24.2 Å². The molecule has 1 fully saturated rings. The highest BCUT2D eigenvalue weighted by Crippen LogP contribution is 2.33. The molecular weight excluding hydrogens is 515 g/mol. The Morgan fingerprint density at radius 3 is 2.77 bits per heavy atom. The van der Waals surface area contributed by atoms with Gasteiger partial charge in [0.1, 0.15) is 17.3 Å². The molecule has 0 saturated carbocycles. The Bertz CT molecular complexity index is 1650. The number of H-pyrrole nitrogens is 1. The Morgan fingerprint density at radius 1 is 1.13 bits per heavy atom. The van der Waals surface area contributed by atoms with E-state index < -0.39 is 17.6 Å². The van der Waals surface area contributed by atoms with E-state index in [2.05, 4.69) is 37.8 Å². The minimum atomic E-state index is -1.09. The highest BCUT2D eigenvalue weighted by molar-refractivity contribution is 7.19. The van der Waals surface area contributed by atoms with Crippen LogP contribution in [0.5, 0.6) is 0 Å². The average Bonchev–Trinajstić information content (AvgIpc) is 3.58. The quantitative estimate of drug-likeness (QED) is 0.193. The van der Waals surface area contributed by atoms with E-state index in [1.807, 2.05) is 48.7 Å². The highest BCUT2D eigenvalue weighted by atomic mass is 32.1. The van der Waals surface area contributed by atoms with Gasteiger partial charge in [0.15, 0.2) is 6.23 Å². The van der Waals surface area contributed by atoms with Gasteiger partial charge in [-0.05, 0) is 79.8 Å². The summed E-state index contributed by atoms with van der Waals surface area (Å²) in [5, 5.41) is 24.3. The normalized spacial score (nSPS) is 16.4. The van der Waals surface area contributed by atoms with Gasteiger partial charge >= 0.3 is 0 Å². The van der Waals surface area contributed by atoms with Crippen molar-refractivity contribution in [3.63, 3.8) is 0 Å². The van der Waals surface area contributed by atoms with Crippen molar-refractivity contribution < 1.29 is 9.50 Å². The molecule has 5 aromatic rings. The monoisotopic (exact) mass is 542 g/mol. The number of aromatic nitrogens is 3. The number of halogens is 1. The average molecular weight is 543 g/mol. The predicted octanol–water partition coefficient (Wildman–Crippen LogP) is 5.80. The number of aliphatic hydroxyl groups excluding tert-OH is 1. The molecule has 0 radical (unpaired) electrons. The molecule has 10 heteroatoms. The smallest absolute Gasteiger partial charge is 0.287 e. The van der Waals surface area contributed by atoms with Crippen LogP contribution in [0.4, 0.5) is 21.6 Å². The standard InChI is InChI=1S/C29H27FN6O2S/c1-36-12-4-6-24(36)19-9-11-27(31-16-19)32-23-15-21(34-35-28(23)37)17-8-10-20(30)22(13-17)33-29(38)26-14-18-5-2-3-7-25(18)39-26/h2-3,5,7-11,13-16,24,29,33,38H,4,6,12H2,1H3,(H,35,37)(H,31,32,34). The number of thiophene rings is 1. The van der Waals surface area contributed by atoms with Gasteiger partial charge in [-0.2, -0.15) is 5.10 Å². The Hall–Kier alpha value is -4.12. The molecule has 0 bridgehead atoms. The number of benzene rings is 2. The molecule has 0 amide bonds. The summed E-state index contributed by atoms with van der Waals surface area (Å²) in [7, 11) is 2.11. The summed E-state index contributed by atoms with van der Waals surface area (Å²) in [4.78, 5) is 20.0.